The Hall–Kier alpha value is -3.24. The molecule has 3 aromatic rings. The minimum atomic E-state index is -0.576. The lowest BCUT2D eigenvalue weighted by Gasteiger charge is -2.20. The number of nitriles is 1. The van der Waals surface area contributed by atoms with Crippen molar-refractivity contribution in [2.45, 2.75) is 38.4 Å². The Kier molecular flexibility index (Phi) is 8.29. The molecule has 1 unspecified atom stereocenters. The van der Waals surface area contributed by atoms with E-state index in [0.717, 1.165) is 16.7 Å². The third-order valence-electron chi connectivity index (χ3n) is 6.14. The van der Waals surface area contributed by atoms with Crippen LogP contribution in [0.25, 0.3) is 0 Å². The highest BCUT2D eigenvalue weighted by Crippen LogP contribution is 2.43. The van der Waals surface area contributed by atoms with Gasteiger partial charge >= 0.3 is 0 Å². The zero-order valence-corrected chi connectivity index (χ0v) is 22.9. The molecule has 1 N–H and O–H groups in total. The lowest BCUT2D eigenvalue weighted by molar-refractivity contribution is -0.117. The number of anilines is 2. The van der Waals surface area contributed by atoms with Gasteiger partial charge in [-0.05, 0) is 66.3 Å². The fourth-order valence-corrected chi connectivity index (χ4v) is 5.80. The van der Waals surface area contributed by atoms with Gasteiger partial charge in [0.1, 0.15) is 16.7 Å². The first kappa shape index (κ1) is 26.8. The molecule has 1 atom stereocenters. The summed E-state index contributed by atoms with van der Waals surface area (Å²) in [5.41, 5.74) is 3.82. The molecule has 188 valence electrons. The lowest BCUT2D eigenvalue weighted by Crippen LogP contribution is -2.31. The molecule has 0 aliphatic carbocycles. The molecule has 0 radical (unpaired) electrons. The maximum Gasteiger partial charge on any atom is 0.269 e. The molecule has 2 amide bonds. The van der Waals surface area contributed by atoms with E-state index in [4.69, 9.17) is 23.2 Å². The highest BCUT2D eigenvalue weighted by Gasteiger charge is 2.41. The molecular formula is C29H25Cl2N3O2S. The summed E-state index contributed by atoms with van der Waals surface area (Å²) in [6.07, 6.45) is 0.321. The van der Waals surface area contributed by atoms with Gasteiger partial charge in [-0.15, -0.1) is 0 Å². The first-order valence-corrected chi connectivity index (χ1v) is 13.4. The van der Waals surface area contributed by atoms with Crippen molar-refractivity contribution in [3.05, 3.63) is 104 Å². The molecule has 0 spiro atoms. The van der Waals surface area contributed by atoms with Crippen LogP contribution in [-0.4, -0.2) is 17.1 Å². The first-order valence-electron chi connectivity index (χ1n) is 11.8. The molecule has 4 rings (SSSR count). The fourth-order valence-electron chi connectivity index (χ4n) is 4.02. The minimum Gasteiger partial charge on any atom is -0.321 e. The standard InChI is InChI=1S/C29H25Cl2N3O2S/c1-17(2)19-9-12-22(13-10-19)34-28(36)26(14-20-8-11-21(30)15-24(20)31)37-29(34)23(16-32)27(35)33-25-7-5-4-6-18(25)3/h4-13,15,17,26H,14H2,1-3H3,(H,33,35)/b29-23-. The molecule has 37 heavy (non-hydrogen) atoms. The van der Waals surface area contributed by atoms with Gasteiger partial charge in [-0.3, -0.25) is 14.5 Å². The van der Waals surface area contributed by atoms with Crippen molar-refractivity contribution in [3.63, 3.8) is 0 Å². The monoisotopic (exact) mass is 549 g/mol. The second-order valence-electron chi connectivity index (χ2n) is 9.03. The highest BCUT2D eigenvalue weighted by molar-refractivity contribution is 8.05. The Morgan fingerprint density at radius 2 is 1.81 bits per heavy atom. The molecule has 0 bridgehead atoms. The quantitative estimate of drug-likeness (QED) is 0.255. The van der Waals surface area contributed by atoms with E-state index >= 15 is 0 Å². The number of hydrogen-bond acceptors (Lipinski definition) is 4. The van der Waals surface area contributed by atoms with Gasteiger partial charge in [-0.1, -0.05) is 85.2 Å². The molecule has 1 aliphatic rings. The largest absolute Gasteiger partial charge is 0.321 e. The molecule has 1 saturated heterocycles. The Balaban J connectivity index is 1.75. The minimum absolute atomic E-state index is 0.126. The molecule has 8 heteroatoms. The number of halogens is 2. The molecule has 1 fully saturated rings. The number of nitrogens with zero attached hydrogens (tertiary/aromatic N) is 2. The molecule has 0 aromatic heterocycles. The normalized spacial score (nSPS) is 16.6. The zero-order chi connectivity index (χ0) is 26.7. The predicted molar refractivity (Wildman–Crippen MR) is 152 cm³/mol. The number of carbonyl (C=O) groups is 2. The fraction of sp³-hybridized carbons (Fsp3) is 0.207. The maximum absolute atomic E-state index is 13.7. The van der Waals surface area contributed by atoms with Crippen molar-refractivity contribution in [2.75, 3.05) is 10.2 Å². The molecule has 3 aromatic carbocycles. The Morgan fingerprint density at radius 3 is 2.43 bits per heavy atom. The van der Waals surface area contributed by atoms with Gasteiger partial charge in [0.15, 0.2) is 0 Å². The second kappa shape index (κ2) is 11.4. The van der Waals surface area contributed by atoms with E-state index in [1.165, 1.54) is 16.7 Å². The van der Waals surface area contributed by atoms with Crippen LogP contribution in [0.15, 0.2) is 77.3 Å². The average Bonchev–Trinajstić information content (AvgIpc) is 3.18. The number of nitrogens with one attached hydrogen (secondary N) is 1. The van der Waals surface area contributed by atoms with E-state index in [0.29, 0.717) is 38.8 Å². The maximum atomic E-state index is 13.7. The van der Waals surface area contributed by atoms with Gasteiger partial charge in [0.05, 0.1) is 5.25 Å². The third-order valence-corrected chi connectivity index (χ3v) is 7.99. The topological polar surface area (TPSA) is 73.2 Å². The summed E-state index contributed by atoms with van der Waals surface area (Å²) in [6.45, 7) is 6.05. The number of hydrogen-bond donors (Lipinski definition) is 1. The first-order chi connectivity index (χ1) is 17.7. The van der Waals surface area contributed by atoms with E-state index in [1.807, 2.05) is 55.5 Å². The number of amides is 2. The van der Waals surface area contributed by atoms with Crippen molar-refractivity contribution < 1.29 is 9.59 Å². The van der Waals surface area contributed by atoms with Crippen LogP contribution in [0.1, 0.15) is 36.5 Å². The van der Waals surface area contributed by atoms with Crippen molar-refractivity contribution in [1.82, 2.24) is 0 Å². The number of para-hydroxylation sites is 1. The third kappa shape index (κ3) is 5.86. The Labute approximate surface area is 231 Å². The summed E-state index contributed by atoms with van der Waals surface area (Å²) in [5, 5.41) is 13.6. The highest BCUT2D eigenvalue weighted by atomic mass is 35.5. The molecular weight excluding hydrogens is 525 g/mol. The molecule has 5 nitrogen and oxygen atoms in total. The van der Waals surface area contributed by atoms with E-state index in [2.05, 4.69) is 19.2 Å². The van der Waals surface area contributed by atoms with Crippen molar-refractivity contribution in [3.8, 4) is 6.07 Å². The van der Waals surface area contributed by atoms with Gasteiger partial charge in [0.2, 0.25) is 5.91 Å². The van der Waals surface area contributed by atoms with E-state index in [-0.39, 0.29) is 11.5 Å². The van der Waals surface area contributed by atoms with Gasteiger partial charge < -0.3 is 5.32 Å². The van der Waals surface area contributed by atoms with Crippen LogP contribution < -0.4 is 10.2 Å². The SMILES string of the molecule is Cc1ccccc1NC(=O)/C(C#N)=C1\SC(Cc2ccc(Cl)cc2Cl)C(=O)N1c1ccc(C(C)C)cc1. The second-order valence-corrected chi connectivity index (χ2v) is 11.1. The predicted octanol–water partition coefficient (Wildman–Crippen LogP) is 7.49. The summed E-state index contributed by atoms with van der Waals surface area (Å²) < 4.78 is 0. The van der Waals surface area contributed by atoms with Crippen molar-refractivity contribution in [2.24, 2.45) is 0 Å². The van der Waals surface area contributed by atoms with Gasteiger partial charge in [-0.2, -0.15) is 5.26 Å². The molecule has 0 saturated carbocycles. The Morgan fingerprint density at radius 1 is 1.11 bits per heavy atom. The van der Waals surface area contributed by atoms with Crippen LogP contribution in [-0.2, 0) is 16.0 Å². The van der Waals surface area contributed by atoms with Crippen molar-refractivity contribution in [1.29, 1.82) is 5.26 Å². The van der Waals surface area contributed by atoms with Crippen LogP contribution >= 0.6 is 35.0 Å². The van der Waals surface area contributed by atoms with Crippen LogP contribution in [0, 0.1) is 18.3 Å². The van der Waals surface area contributed by atoms with Crippen LogP contribution in [0.4, 0.5) is 11.4 Å². The van der Waals surface area contributed by atoms with Crippen LogP contribution in [0.5, 0.6) is 0 Å². The number of rotatable bonds is 6. The lowest BCUT2D eigenvalue weighted by atomic mass is 10.0. The summed E-state index contributed by atoms with van der Waals surface area (Å²) in [7, 11) is 0. The van der Waals surface area contributed by atoms with E-state index in [9.17, 15) is 14.9 Å². The van der Waals surface area contributed by atoms with E-state index in [1.54, 1.807) is 24.3 Å². The van der Waals surface area contributed by atoms with Gasteiger partial charge in [0, 0.05) is 21.4 Å². The summed E-state index contributed by atoms with van der Waals surface area (Å²) in [6, 6.07) is 22.1. The molecule has 1 aliphatic heterocycles. The van der Waals surface area contributed by atoms with Gasteiger partial charge in [-0.25, -0.2) is 0 Å². The summed E-state index contributed by atoms with van der Waals surface area (Å²) >= 11 is 13.6. The Bertz CT molecular complexity index is 1430. The van der Waals surface area contributed by atoms with Crippen molar-refractivity contribution >= 4 is 58.2 Å². The summed E-state index contributed by atoms with van der Waals surface area (Å²) in [4.78, 5) is 28.5. The van der Waals surface area contributed by atoms with Crippen LogP contribution in [0.3, 0.4) is 0 Å². The number of thioether (sulfide) groups is 1. The number of carbonyl (C=O) groups excluding carboxylic acids is 2. The zero-order valence-electron chi connectivity index (χ0n) is 20.6. The average molecular weight is 551 g/mol. The summed E-state index contributed by atoms with van der Waals surface area (Å²) in [5.74, 6) is -0.470. The van der Waals surface area contributed by atoms with Crippen LogP contribution in [0.2, 0.25) is 10.0 Å². The molecule has 1 heterocycles. The number of aryl methyl sites for hydroxylation is 1. The van der Waals surface area contributed by atoms with Gasteiger partial charge in [0.25, 0.3) is 5.91 Å². The van der Waals surface area contributed by atoms with E-state index < -0.39 is 11.2 Å². The smallest absolute Gasteiger partial charge is 0.269 e. The number of benzene rings is 3.